The normalized spacial score (nSPS) is 17.0. The van der Waals surface area contributed by atoms with Gasteiger partial charge in [0, 0.05) is 18.4 Å². The number of ether oxygens (including phenoxy) is 1. The summed E-state index contributed by atoms with van der Waals surface area (Å²) in [7, 11) is 0. The fourth-order valence-corrected chi connectivity index (χ4v) is 3.23. The first kappa shape index (κ1) is 19.6. The molecule has 0 radical (unpaired) electrons. The van der Waals surface area contributed by atoms with Crippen LogP contribution in [-0.2, 0) is 15.0 Å². The molecule has 2 amide bonds. The molecule has 1 saturated heterocycles. The molecule has 1 atom stereocenters. The van der Waals surface area contributed by atoms with Crippen molar-refractivity contribution in [2.75, 3.05) is 4.90 Å². The average Bonchev–Trinajstić information content (AvgIpc) is 2.95. The van der Waals surface area contributed by atoms with E-state index in [-0.39, 0.29) is 29.6 Å². The number of carbonyl (C=O) groups excluding carboxylic acids is 2. The van der Waals surface area contributed by atoms with Crippen LogP contribution in [0.25, 0.3) is 4.85 Å². The van der Waals surface area contributed by atoms with E-state index in [9.17, 15) is 9.59 Å². The predicted molar refractivity (Wildman–Crippen MR) is 107 cm³/mol. The number of aromatic nitrogens is 1. The van der Waals surface area contributed by atoms with Crippen molar-refractivity contribution in [1.82, 2.24) is 4.98 Å². The van der Waals surface area contributed by atoms with E-state index in [1.54, 1.807) is 24.3 Å². The van der Waals surface area contributed by atoms with Crippen LogP contribution in [0, 0.1) is 12.5 Å². The number of rotatable bonds is 4. The molecule has 0 unspecified atom stereocenters. The maximum atomic E-state index is 12.4. The van der Waals surface area contributed by atoms with Crippen molar-refractivity contribution in [1.29, 1.82) is 0 Å². The van der Waals surface area contributed by atoms with Gasteiger partial charge in [-0.2, -0.15) is 0 Å². The molecule has 0 bridgehead atoms. The summed E-state index contributed by atoms with van der Waals surface area (Å²) in [5.41, 5.74) is 1.71. The maximum absolute atomic E-state index is 12.4. The summed E-state index contributed by atoms with van der Waals surface area (Å²) in [6.45, 7) is 15.3. The smallest absolute Gasteiger partial charge is 0.237 e. The van der Waals surface area contributed by atoms with Gasteiger partial charge in [-0.3, -0.25) is 9.59 Å². The summed E-state index contributed by atoms with van der Waals surface area (Å²) in [6, 6.07) is 8.61. The van der Waals surface area contributed by atoms with Crippen LogP contribution in [0.3, 0.4) is 0 Å². The van der Waals surface area contributed by atoms with Crippen molar-refractivity contribution in [3.8, 4) is 11.6 Å². The highest BCUT2D eigenvalue weighted by molar-refractivity contribution is 6.20. The molecule has 1 aromatic carbocycles. The zero-order valence-corrected chi connectivity index (χ0v) is 16.5. The van der Waals surface area contributed by atoms with Gasteiger partial charge >= 0.3 is 0 Å². The quantitative estimate of drug-likeness (QED) is 0.555. The monoisotopic (exact) mass is 377 g/mol. The van der Waals surface area contributed by atoms with Crippen molar-refractivity contribution >= 4 is 23.2 Å². The molecule has 1 aliphatic heterocycles. The fourth-order valence-electron chi connectivity index (χ4n) is 3.23. The molecule has 1 aromatic heterocycles. The minimum Gasteiger partial charge on any atom is -0.439 e. The number of hydrogen-bond donors (Lipinski definition) is 0. The van der Waals surface area contributed by atoms with Gasteiger partial charge in [0.15, 0.2) is 5.69 Å². The first-order chi connectivity index (χ1) is 13.2. The Bertz CT molecular complexity index is 952. The third-order valence-corrected chi connectivity index (χ3v) is 4.83. The first-order valence-corrected chi connectivity index (χ1v) is 9.27. The van der Waals surface area contributed by atoms with Gasteiger partial charge in [0.2, 0.25) is 17.7 Å². The second-order valence-corrected chi connectivity index (χ2v) is 7.88. The Morgan fingerprint density at radius 2 is 2.00 bits per heavy atom. The van der Waals surface area contributed by atoms with E-state index < -0.39 is 0 Å². The van der Waals surface area contributed by atoms with Crippen LogP contribution in [0.2, 0.25) is 0 Å². The van der Waals surface area contributed by atoms with Crippen LogP contribution in [0.5, 0.6) is 11.6 Å². The van der Waals surface area contributed by atoms with Crippen molar-refractivity contribution in [2.45, 2.75) is 46.0 Å². The van der Waals surface area contributed by atoms with Crippen LogP contribution in [-0.4, -0.2) is 16.8 Å². The van der Waals surface area contributed by atoms with Crippen LogP contribution >= 0.6 is 0 Å². The number of imide groups is 1. The maximum Gasteiger partial charge on any atom is 0.237 e. The molecule has 0 spiro atoms. The number of anilines is 1. The fraction of sp³-hybridized carbons (Fsp3) is 0.364. The minimum atomic E-state index is -0.251. The second kappa shape index (κ2) is 7.43. The van der Waals surface area contributed by atoms with Crippen molar-refractivity contribution in [2.24, 2.45) is 5.92 Å². The van der Waals surface area contributed by atoms with Crippen LogP contribution < -0.4 is 9.64 Å². The highest BCUT2D eigenvalue weighted by atomic mass is 16.5. The Hall–Kier alpha value is -3.20. The predicted octanol–water partition coefficient (Wildman–Crippen LogP) is 5.01. The highest BCUT2D eigenvalue weighted by Gasteiger charge is 2.38. The molecule has 2 heterocycles. The Balaban J connectivity index is 1.85. The third kappa shape index (κ3) is 3.74. The lowest BCUT2D eigenvalue weighted by Gasteiger charge is -2.23. The van der Waals surface area contributed by atoms with E-state index in [0.29, 0.717) is 29.4 Å². The number of hydrogen-bond acceptors (Lipinski definition) is 4. The lowest BCUT2D eigenvalue weighted by Crippen LogP contribution is -2.30. The molecule has 28 heavy (non-hydrogen) atoms. The van der Waals surface area contributed by atoms with Crippen molar-refractivity contribution < 1.29 is 14.3 Å². The van der Waals surface area contributed by atoms with E-state index in [2.05, 4.69) is 9.83 Å². The molecular weight excluding hydrogens is 354 g/mol. The highest BCUT2D eigenvalue weighted by Crippen LogP contribution is 2.37. The van der Waals surface area contributed by atoms with Crippen LogP contribution in [0.15, 0.2) is 36.5 Å². The number of amides is 2. The molecule has 1 fully saturated rings. The number of carbonyl (C=O) groups is 2. The van der Waals surface area contributed by atoms with Crippen molar-refractivity contribution in [3.63, 3.8) is 0 Å². The largest absolute Gasteiger partial charge is 0.439 e. The first-order valence-electron chi connectivity index (χ1n) is 9.27. The molecular formula is C22H23N3O3. The molecule has 0 aliphatic carbocycles. The topological polar surface area (TPSA) is 63.9 Å². The molecule has 2 aromatic rings. The van der Waals surface area contributed by atoms with E-state index >= 15 is 0 Å². The molecule has 3 rings (SSSR count). The molecule has 144 valence electrons. The van der Waals surface area contributed by atoms with Gasteiger partial charge in [-0.1, -0.05) is 33.8 Å². The Morgan fingerprint density at radius 1 is 1.25 bits per heavy atom. The Morgan fingerprint density at radius 3 is 2.54 bits per heavy atom. The van der Waals surface area contributed by atoms with Gasteiger partial charge in [-0.15, -0.1) is 0 Å². The summed E-state index contributed by atoms with van der Waals surface area (Å²) < 4.78 is 5.95. The standard InChI is InChI=1S/C22H23N3O3/c1-6-14-11-20(26)25(21(14)27)16-8-10-19(24-13-16)28-18-9-7-15(23-5)12-17(18)22(2,3)4/h7-10,12-14H,6,11H2,1-4H3/t14-/m0/s1. The molecule has 1 aliphatic rings. The molecule has 6 heteroatoms. The molecule has 6 nitrogen and oxygen atoms in total. The minimum absolute atomic E-state index is 0.173. The summed E-state index contributed by atoms with van der Waals surface area (Å²) in [5.74, 6) is 0.360. The summed E-state index contributed by atoms with van der Waals surface area (Å²) >= 11 is 0. The number of pyridine rings is 1. The number of nitrogens with zero attached hydrogens (tertiary/aromatic N) is 3. The van der Waals surface area contributed by atoms with E-state index in [1.165, 1.54) is 11.1 Å². The zero-order valence-electron chi connectivity index (χ0n) is 16.5. The van der Waals surface area contributed by atoms with Gasteiger partial charge in [-0.25, -0.2) is 14.7 Å². The van der Waals surface area contributed by atoms with E-state index in [0.717, 1.165) is 5.56 Å². The van der Waals surface area contributed by atoms with Gasteiger partial charge < -0.3 is 4.74 Å². The zero-order chi connectivity index (χ0) is 20.5. The average molecular weight is 377 g/mol. The molecule has 0 saturated carbocycles. The van der Waals surface area contributed by atoms with E-state index in [1.807, 2.05) is 33.8 Å². The van der Waals surface area contributed by atoms with Crippen LogP contribution in [0.1, 0.15) is 46.1 Å². The van der Waals surface area contributed by atoms with Crippen molar-refractivity contribution in [3.05, 3.63) is 53.5 Å². The summed E-state index contributed by atoms with van der Waals surface area (Å²) in [4.78, 5) is 33.5. The Labute approximate surface area is 165 Å². The van der Waals surface area contributed by atoms with E-state index in [4.69, 9.17) is 11.3 Å². The SMILES string of the molecule is [C-]#[N+]c1ccc(Oc2ccc(N3C(=O)C[C@H](CC)C3=O)cn2)c(C(C)(C)C)c1. The number of benzene rings is 1. The van der Waals surface area contributed by atoms with Gasteiger partial charge in [0.25, 0.3) is 0 Å². The lowest BCUT2D eigenvalue weighted by molar-refractivity contribution is -0.122. The summed E-state index contributed by atoms with van der Waals surface area (Å²) in [6.07, 6.45) is 2.37. The second-order valence-electron chi connectivity index (χ2n) is 7.88. The van der Waals surface area contributed by atoms with Crippen LogP contribution in [0.4, 0.5) is 11.4 Å². The summed E-state index contributed by atoms with van der Waals surface area (Å²) in [5, 5.41) is 0. The third-order valence-electron chi connectivity index (χ3n) is 4.83. The van der Waals surface area contributed by atoms with Gasteiger partial charge in [0.1, 0.15) is 5.75 Å². The lowest BCUT2D eigenvalue weighted by atomic mass is 9.86. The Kier molecular flexibility index (Phi) is 5.19. The molecule has 0 N–H and O–H groups in total. The van der Waals surface area contributed by atoms with Gasteiger partial charge in [0.05, 0.1) is 18.5 Å². The van der Waals surface area contributed by atoms with Gasteiger partial charge in [-0.05, 0) is 35.6 Å².